The SMILES string of the molecule is CNC(=O)N1CCN(C(=O)c2cc3ccccc3nc2N2CCCC2)CC1. The van der Waals surface area contributed by atoms with Crippen molar-refractivity contribution in [3.8, 4) is 0 Å². The maximum absolute atomic E-state index is 13.3. The number of aromatic nitrogens is 1. The fraction of sp³-hybridized carbons (Fsp3) is 0.450. The molecular formula is C20H25N5O2. The summed E-state index contributed by atoms with van der Waals surface area (Å²) in [5.41, 5.74) is 1.59. The second-order valence-electron chi connectivity index (χ2n) is 7.08. The van der Waals surface area contributed by atoms with E-state index in [1.165, 1.54) is 0 Å². The maximum Gasteiger partial charge on any atom is 0.317 e. The first kappa shape index (κ1) is 17.6. The van der Waals surface area contributed by atoms with Crippen LogP contribution in [0.4, 0.5) is 10.6 Å². The minimum atomic E-state index is -0.0905. The average molecular weight is 367 g/mol. The third-order valence-corrected chi connectivity index (χ3v) is 5.41. The van der Waals surface area contributed by atoms with E-state index in [9.17, 15) is 9.59 Å². The Balaban J connectivity index is 1.62. The predicted molar refractivity (Wildman–Crippen MR) is 105 cm³/mol. The zero-order valence-corrected chi connectivity index (χ0v) is 15.6. The van der Waals surface area contributed by atoms with Gasteiger partial charge in [0.2, 0.25) is 0 Å². The van der Waals surface area contributed by atoms with E-state index >= 15 is 0 Å². The molecule has 4 rings (SSSR count). The fourth-order valence-corrected chi connectivity index (χ4v) is 3.87. The van der Waals surface area contributed by atoms with Gasteiger partial charge in [-0.3, -0.25) is 4.79 Å². The van der Waals surface area contributed by atoms with E-state index < -0.39 is 0 Å². The van der Waals surface area contributed by atoms with Crippen LogP contribution in [0.15, 0.2) is 30.3 Å². The van der Waals surface area contributed by atoms with Gasteiger partial charge in [0.15, 0.2) is 0 Å². The molecule has 1 aromatic heterocycles. The number of hydrogen-bond donors (Lipinski definition) is 1. The fourth-order valence-electron chi connectivity index (χ4n) is 3.87. The number of para-hydroxylation sites is 1. The van der Waals surface area contributed by atoms with Crippen molar-refractivity contribution in [2.45, 2.75) is 12.8 Å². The molecule has 2 saturated heterocycles. The Bertz CT molecular complexity index is 855. The van der Waals surface area contributed by atoms with Crippen molar-refractivity contribution in [1.29, 1.82) is 0 Å². The minimum Gasteiger partial charge on any atom is -0.356 e. The van der Waals surface area contributed by atoms with Gasteiger partial charge in [0.1, 0.15) is 5.82 Å². The first-order valence-corrected chi connectivity index (χ1v) is 9.58. The molecular weight excluding hydrogens is 342 g/mol. The Labute approximate surface area is 158 Å². The summed E-state index contributed by atoms with van der Waals surface area (Å²) in [7, 11) is 1.63. The summed E-state index contributed by atoms with van der Waals surface area (Å²) in [5, 5.41) is 3.62. The number of rotatable bonds is 2. The van der Waals surface area contributed by atoms with Gasteiger partial charge in [0.25, 0.3) is 5.91 Å². The normalized spacial score (nSPS) is 17.4. The highest BCUT2D eigenvalue weighted by Gasteiger charge is 2.28. The third-order valence-electron chi connectivity index (χ3n) is 5.41. The summed E-state index contributed by atoms with van der Waals surface area (Å²) < 4.78 is 0. The number of nitrogens with zero attached hydrogens (tertiary/aromatic N) is 4. The van der Waals surface area contributed by atoms with E-state index in [0.717, 1.165) is 42.7 Å². The molecule has 0 atom stereocenters. The topological polar surface area (TPSA) is 68.8 Å². The van der Waals surface area contributed by atoms with E-state index in [-0.39, 0.29) is 11.9 Å². The quantitative estimate of drug-likeness (QED) is 0.881. The number of urea groups is 1. The zero-order chi connectivity index (χ0) is 18.8. The van der Waals surface area contributed by atoms with Crippen LogP contribution in [0.25, 0.3) is 10.9 Å². The third kappa shape index (κ3) is 3.41. The van der Waals surface area contributed by atoms with Gasteiger partial charge in [0.05, 0.1) is 11.1 Å². The van der Waals surface area contributed by atoms with Crippen molar-refractivity contribution >= 4 is 28.7 Å². The molecule has 142 valence electrons. The van der Waals surface area contributed by atoms with Crippen molar-refractivity contribution in [1.82, 2.24) is 20.1 Å². The number of benzene rings is 1. The first-order chi connectivity index (χ1) is 13.2. The number of anilines is 1. The van der Waals surface area contributed by atoms with E-state index in [1.54, 1.807) is 11.9 Å². The zero-order valence-electron chi connectivity index (χ0n) is 15.6. The standard InChI is InChI=1S/C20H25N5O2/c1-21-20(27)25-12-10-24(11-13-25)19(26)16-14-15-6-2-3-7-17(15)22-18(16)23-8-4-5-9-23/h2-3,6-7,14H,4-5,8-13H2,1H3,(H,21,27). The number of fused-ring (bicyclic) bond motifs is 1. The van der Waals surface area contributed by atoms with Gasteiger partial charge in [-0.05, 0) is 25.0 Å². The van der Waals surface area contributed by atoms with Crippen molar-refractivity contribution in [2.75, 3.05) is 51.2 Å². The smallest absolute Gasteiger partial charge is 0.317 e. The van der Waals surface area contributed by atoms with Crippen LogP contribution in [0.2, 0.25) is 0 Å². The Morgan fingerprint density at radius 3 is 2.33 bits per heavy atom. The predicted octanol–water partition coefficient (Wildman–Crippen LogP) is 1.93. The minimum absolute atomic E-state index is 0.00621. The molecule has 27 heavy (non-hydrogen) atoms. The van der Waals surface area contributed by atoms with Crippen LogP contribution in [-0.2, 0) is 0 Å². The van der Waals surface area contributed by atoms with Gasteiger partial charge in [-0.2, -0.15) is 0 Å². The molecule has 3 heterocycles. The molecule has 0 spiro atoms. The van der Waals surface area contributed by atoms with Gasteiger partial charge in [-0.15, -0.1) is 0 Å². The highest BCUT2D eigenvalue weighted by Crippen LogP contribution is 2.28. The number of piperazine rings is 1. The Morgan fingerprint density at radius 1 is 0.963 bits per heavy atom. The summed E-state index contributed by atoms with van der Waals surface area (Å²) in [6.07, 6.45) is 2.26. The molecule has 7 heteroatoms. The Hall–Kier alpha value is -2.83. The summed E-state index contributed by atoms with van der Waals surface area (Å²) >= 11 is 0. The lowest BCUT2D eigenvalue weighted by atomic mass is 10.1. The maximum atomic E-state index is 13.3. The molecule has 7 nitrogen and oxygen atoms in total. The second-order valence-corrected chi connectivity index (χ2v) is 7.08. The molecule has 3 amide bonds. The van der Waals surface area contributed by atoms with Crippen molar-refractivity contribution in [3.63, 3.8) is 0 Å². The Kier molecular flexibility index (Phi) is 4.83. The molecule has 2 aliphatic heterocycles. The van der Waals surface area contributed by atoms with Crippen LogP contribution >= 0.6 is 0 Å². The molecule has 0 bridgehead atoms. The molecule has 2 aromatic rings. The van der Waals surface area contributed by atoms with Crippen LogP contribution < -0.4 is 10.2 Å². The molecule has 1 N–H and O–H groups in total. The second kappa shape index (κ2) is 7.42. The summed E-state index contributed by atoms with van der Waals surface area (Å²) in [4.78, 5) is 35.7. The van der Waals surface area contributed by atoms with Gasteiger partial charge in [0, 0.05) is 51.7 Å². The van der Waals surface area contributed by atoms with Crippen molar-refractivity contribution in [2.24, 2.45) is 0 Å². The van der Waals surface area contributed by atoms with Crippen LogP contribution in [0.5, 0.6) is 0 Å². The number of amides is 3. The van der Waals surface area contributed by atoms with Gasteiger partial charge in [-0.25, -0.2) is 9.78 Å². The van der Waals surface area contributed by atoms with Gasteiger partial charge in [-0.1, -0.05) is 18.2 Å². The molecule has 1 aromatic carbocycles. The van der Waals surface area contributed by atoms with Crippen molar-refractivity contribution < 1.29 is 9.59 Å². The van der Waals surface area contributed by atoms with E-state index in [0.29, 0.717) is 31.7 Å². The summed E-state index contributed by atoms with van der Waals surface area (Å²) in [6, 6.07) is 9.82. The molecule has 2 fully saturated rings. The van der Waals surface area contributed by atoms with E-state index in [1.807, 2.05) is 35.2 Å². The molecule has 2 aliphatic rings. The molecule has 0 saturated carbocycles. The number of nitrogens with one attached hydrogen (secondary N) is 1. The van der Waals surface area contributed by atoms with E-state index in [2.05, 4.69) is 10.2 Å². The Morgan fingerprint density at radius 2 is 1.63 bits per heavy atom. The molecule has 0 radical (unpaired) electrons. The first-order valence-electron chi connectivity index (χ1n) is 9.58. The monoisotopic (exact) mass is 367 g/mol. The number of carbonyl (C=O) groups excluding carboxylic acids is 2. The lowest BCUT2D eigenvalue weighted by molar-refractivity contribution is 0.0666. The molecule has 0 aliphatic carbocycles. The number of hydrogen-bond acceptors (Lipinski definition) is 4. The molecule has 0 unspecified atom stereocenters. The highest BCUT2D eigenvalue weighted by molar-refractivity contribution is 6.02. The van der Waals surface area contributed by atoms with Crippen LogP contribution in [-0.4, -0.2) is 73.0 Å². The average Bonchev–Trinajstić information content (AvgIpc) is 3.26. The largest absolute Gasteiger partial charge is 0.356 e. The van der Waals surface area contributed by atoms with Gasteiger partial charge >= 0.3 is 6.03 Å². The summed E-state index contributed by atoms with van der Waals surface area (Å²) in [5.74, 6) is 0.802. The van der Waals surface area contributed by atoms with Gasteiger partial charge < -0.3 is 20.0 Å². The number of carbonyl (C=O) groups is 2. The van der Waals surface area contributed by atoms with Crippen LogP contribution in [0.1, 0.15) is 23.2 Å². The van der Waals surface area contributed by atoms with Crippen molar-refractivity contribution in [3.05, 3.63) is 35.9 Å². The lowest BCUT2D eigenvalue weighted by Gasteiger charge is -2.35. The van der Waals surface area contributed by atoms with Crippen LogP contribution in [0.3, 0.4) is 0 Å². The van der Waals surface area contributed by atoms with Crippen LogP contribution in [0, 0.1) is 0 Å². The highest BCUT2D eigenvalue weighted by atomic mass is 16.2. The lowest BCUT2D eigenvalue weighted by Crippen LogP contribution is -2.52. The van der Waals surface area contributed by atoms with E-state index in [4.69, 9.17) is 4.98 Å². The summed E-state index contributed by atoms with van der Waals surface area (Å²) in [6.45, 7) is 4.06. The number of pyridine rings is 1.